The lowest BCUT2D eigenvalue weighted by molar-refractivity contribution is 0.121. The number of hydrogen-bond donors (Lipinski definition) is 1. The maximum Gasteiger partial charge on any atom is 0.193 e. The second-order valence-electron chi connectivity index (χ2n) is 5.81. The first kappa shape index (κ1) is 13.1. The number of piperidine rings is 1. The van der Waals surface area contributed by atoms with Crippen LogP contribution in [0.4, 0.5) is 0 Å². The summed E-state index contributed by atoms with van der Waals surface area (Å²) in [5, 5.41) is 5.76. The lowest BCUT2D eigenvalue weighted by Gasteiger charge is -2.40. The van der Waals surface area contributed by atoms with E-state index in [2.05, 4.69) is 58.3 Å². The molecule has 3 unspecified atom stereocenters. The van der Waals surface area contributed by atoms with Gasteiger partial charge in [0.2, 0.25) is 0 Å². The summed E-state index contributed by atoms with van der Waals surface area (Å²) in [6, 6.07) is 1.27. The summed E-state index contributed by atoms with van der Waals surface area (Å²) in [7, 11) is 2.22. The minimum Gasteiger partial charge on any atom is -0.308 e. The molecule has 1 saturated heterocycles. The first-order chi connectivity index (χ1) is 9.13. The second-order valence-corrected chi connectivity index (χ2v) is 6.69. The Hall–Kier alpha value is -0.910. The summed E-state index contributed by atoms with van der Waals surface area (Å²) >= 11 is 1.69. The van der Waals surface area contributed by atoms with Gasteiger partial charge in [-0.2, -0.15) is 0 Å². The van der Waals surface area contributed by atoms with Gasteiger partial charge in [0.1, 0.15) is 0 Å². The number of thiazole rings is 1. The molecule has 19 heavy (non-hydrogen) atoms. The van der Waals surface area contributed by atoms with Crippen LogP contribution in [0.5, 0.6) is 0 Å². The van der Waals surface area contributed by atoms with E-state index in [1.807, 2.05) is 0 Å². The molecular formula is C14H22N4S. The van der Waals surface area contributed by atoms with Crippen molar-refractivity contribution in [1.82, 2.24) is 19.6 Å². The van der Waals surface area contributed by atoms with E-state index in [4.69, 9.17) is 0 Å². The number of rotatable bonds is 3. The molecule has 1 aliphatic heterocycles. The van der Waals surface area contributed by atoms with Crippen LogP contribution in [-0.2, 0) is 6.54 Å². The lowest BCUT2D eigenvalue weighted by Crippen LogP contribution is -2.50. The third kappa shape index (κ3) is 2.68. The molecule has 3 heterocycles. The molecule has 3 atom stereocenters. The van der Waals surface area contributed by atoms with Gasteiger partial charge in [-0.05, 0) is 26.3 Å². The van der Waals surface area contributed by atoms with Crippen molar-refractivity contribution in [2.45, 2.75) is 38.9 Å². The number of likely N-dealkylation sites (tertiary alicyclic amines) is 1. The van der Waals surface area contributed by atoms with E-state index in [0.717, 1.165) is 17.2 Å². The van der Waals surface area contributed by atoms with E-state index >= 15 is 0 Å². The Kier molecular flexibility index (Phi) is 3.60. The quantitative estimate of drug-likeness (QED) is 0.934. The van der Waals surface area contributed by atoms with Gasteiger partial charge in [-0.1, -0.05) is 6.92 Å². The summed E-state index contributed by atoms with van der Waals surface area (Å²) in [4.78, 5) is 8.16. The van der Waals surface area contributed by atoms with E-state index in [-0.39, 0.29) is 0 Å². The Morgan fingerprint density at radius 1 is 1.47 bits per heavy atom. The van der Waals surface area contributed by atoms with Gasteiger partial charge in [0.25, 0.3) is 0 Å². The topological polar surface area (TPSA) is 32.6 Å². The largest absolute Gasteiger partial charge is 0.308 e. The van der Waals surface area contributed by atoms with Crippen LogP contribution in [0.25, 0.3) is 4.96 Å². The fourth-order valence-corrected chi connectivity index (χ4v) is 3.64. The number of aromatic nitrogens is 2. The fourth-order valence-electron chi connectivity index (χ4n) is 2.92. The van der Waals surface area contributed by atoms with Crippen LogP contribution >= 0.6 is 11.3 Å². The van der Waals surface area contributed by atoms with Crippen molar-refractivity contribution in [3.05, 3.63) is 23.5 Å². The molecule has 3 rings (SSSR count). The highest BCUT2D eigenvalue weighted by Crippen LogP contribution is 2.21. The van der Waals surface area contributed by atoms with Crippen molar-refractivity contribution in [3.8, 4) is 0 Å². The smallest absolute Gasteiger partial charge is 0.193 e. The van der Waals surface area contributed by atoms with Crippen molar-refractivity contribution in [3.63, 3.8) is 0 Å². The van der Waals surface area contributed by atoms with E-state index in [0.29, 0.717) is 18.0 Å². The van der Waals surface area contributed by atoms with Gasteiger partial charge in [0.15, 0.2) is 4.96 Å². The Bertz CT molecular complexity index is 518. The average molecular weight is 278 g/mol. The number of nitrogens with one attached hydrogen (secondary N) is 1. The zero-order valence-corrected chi connectivity index (χ0v) is 12.7. The average Bonchev–Trinajstić information content (AvgIpc) is 2.92. The molecule has 5 heteroatoms. The van der Waals surface area contributed by atoms with Gasteiger partial charge in [-0.15, -0.1) is 11.3 Å². The molecule has 1 fully saturated rings. The molecule has 0 radical (unpaired) electrons. The van der Waals surface area contributed by atoms with E-state index in [9.17, 15) is 0 Å². The van der Waals surface area contributed by atoms with E-state index in [1.54, 1.807) is 11.3 Å². The molecule has 0 spiro atoms. The SMILES string of the molecule is CC1CN(C)C(C)CC1NCc1cn2ccsc2n1. The van der Waals surface area contributed by atoms with Crippen LogP contribution < -0.4 is 5.32 Å². The molecule has 0 saturated carbocycles. The van der Waals surface area contributed by atoms with Crippen molar-refractivity contribution in [2.24, 2.45) is 5.92 Å². The molecular weight excluding hydrogens is 256 g/mol. The molecule has 0 bridgehead atoms. The third-order valence-electron chi connectivity index (χ3n) is 4.30. The number of imidazole rings is 1. The Labute approximate surface area is 118 Å². The summed E-state index contributed by atoms with van der Waals surface area (Å²) in [5.74, 6) is 0.699. The van der Waals surface area contributed by atoms with Crippen LogP contribution in [-0.4, -0.2) is 40.0 Å². The molecule has 0 aliphatic carbocycles. The van der Waals surface area contributed by atoms with Gasteiger partial charge in [0.05, 0.1) is 5.69 Å². The van der Waals surface area contributed by atoms with Crippen molar-refractivity contribution in [1.29, 1.82) is 0 Å². The van der Waals surface area contributed by atoms with Gasteiger partial charge in [0, 0.05) is 42.9 Å². The second kappa shape index (κ2) is 5.23. The standard InChI is InChI=1S/C14H22N4S/c1-10-8-17(3)11(2)6-13(10)15-7-12-9-18-4-5-19-14(18)16-12/h4-5,9-11,13,15H,6-8H2,1-3H3. The summed E-state index contributed by atoms with van der Waals surface area (Å²) in [6.07, 6.45) is 5.42. The third-order valence-corrected chi connectivity index (χ3v) is 5.07. The monoisotopic (exact) mass is 278 g/mol. The highest BCUT2D eigenvalue weighted by atomic mass is 32.1. The normalized spacial score (nSPS) is 29.1. The van der Waals surface area contributed by atoms with Crippen LogP contribution in [0.15, 0.2) is 17.8 Å². The number of fused-ring (bicyclic) bond motifs is 1. The van der Waals surface area contributed by atoms with Gasteiger partial charge in [-0.3, -0.25) is 4.40 Å². The summed E-state index contributed by atoms with van der Waals surface area (Å²) < 4.78 is 2.10. The minimum absolute atomic E-state index is 0.603. The van der Waals surface area contributed by atoms with Crippen molar-refractivity contribution in [2.75, 3.05) is 13.6 Å². The Morgan fingerprint density at radius 3 is 3.11 bits per heavy atom. The van der Waals surface area contributed by atoms with Crippen LogP contribution in [0, 0.1) is 5.92 Å². The first-order valence-corrected chi connectivity index (χ1v) is 7.86. The Balaban J connectivity index is 1.61. The van der Waals surface area contributed by atoms with Gasteiger partial charge < -0.3 is 10.2 Å². The molecule has 1 N–H and O–H groups in total. The molecule has 2 aromatic heterocycles. The van der Waals surface area contributed by atoms with Crippen molar-refractivity contribution >= 4 is 16.3 Å². The van der Waals surface area contributed by atoms with Crippen molar-refractivity contribution < 1.29 is 0 Å². The van der Waals surface area contributed by atoms with E-state index in [1.165, 1.54) is 13.0 Å². The molecule has 0 amide bonds. The van der Waals surface area contributed by atoms with Crippen LogP contribution in [0.1, 0.15) is 26.0 Å². The number of hydrogen-bond acceptors (Lipinski definition) is 4. The maximum absolute atomic E-state index is 4.62. The minimum atomic E-state index is 0.603. The molecule has 0 aromatic carbocycles. The summed E-state index contributed by atoms with van der Waals surface area (Å²) in [6.45, 7) is 6.70. The van der Waals surface area contributed by atoms with Crippen LogP contribution in [0.3, 0.4) is 0 Å². The molecule has 4 nitrogen and oxygen atoms in total. The fraction of sp³-hybridized carbons (Fsp3) is 0.643. The predicted octanol–water partition coefficient (Wildman–Crippen LogP) is 2.21. The molecule has 104 valence electrons. The predicted molar refractivity (Wildman–Crippen MR) is 79.6 cm³/mol. The zero-order chi connectivity index (χ0) is 13.4. The first-order valence-electron chi connectivity index (χ1n) is 6.98. The molecule has 1 aliphatic rings. The van der Waals surface area contributed by atoms with Crippen LogP contribution in [0.2, 0.25) is 0 Å². The maximum atomic E-state index is 4.62. The van der Waals surface area contributed by atoms with Gasteiger partial charge in [-0.25, -0.2) is 4.98 Å². The Morgan fingerprint density at radius 2 is 2.32 bits per heavy atom. The highest BCUT2D eigenvalue weighted by molar-refractivity contribution is 7.15. The van der Waals surface area contributed by atoms with E-state index < -0.39 is 0 Å². The van der Waals surface area contributed by atoms with Gasteiger partial charge >= 0.3 is 0 Å². The summed E-state index contributed by atoms with van der Waals surface area (Å²) in [5.41, 5.74) is 1.14. The number of nitrogens with zero attached hydrogens (tertiary/aromatic N) is 3. The lowest BCUT2D eigenvalue weighted by atomic mass is 9.90. The molecule has 2 aromatic rings. The zero-order valence-electron chi connectivity index (χ0n) is 11.8. The highest BCUT2D eigenvalue weighted by Gasteiger charge is 2.28.